The minimum Gasteiger partial charge on any atom is -0.505 e. The van der Waals surface area contributed by atoms with Crippen LogP contribution in [0.25, 0.3) is 0 Å². The molecule has 0 bridgehead atoms. The molecular formula is C9H10FNO2. The lowest BCUT2D eigenvalue weighted by atomic mass is 10.1. The van der Waals surface area contributed by atoms with Gasteiger partial charge in [-0.05, 0) is 17.7 Å². The van der Waals surface area contributed by atoms with Crippen LogP contribution in [0.2, 0.25) is 0 Å². The number of halogens is 1. The Morgan fingerprint density at radius 2 is 2.31 bits per heavy atom. The van der Waals surface area contributed by atoms with Gasteiger partial charge < -0.3 is 10.4 Å². The monoisotopic (exact) mass is 183 g/mol. The second-order valence-corrected chi connectivity index (χ2v) is 2.64. The Hall–Kier alpha value is -1.58. The predicted octanol–water partition coefficient (Wildman–Crippen LogP) is 0.820. The summed E-state index contributed by atoms with van der Waals surface area (Å²) in [5.41, 5.74) is 0.582. The van der Waals surface area contributed by atoms with E-state index >= 15 is 0 Å². The van der Waals surface area contributed by atoms with Crippen molar-refractivity contribution < 1.29 is 14.3 Å². The molecule has 0 saturated heterocycles. The van der Waals surface area contributed by atoms with E-state index in [1.807, 2.05) is 0 Å². The Morgan fingerprint density at radius 1 is 1.62 bits per heavy atom. The van der Waals surface area contributed by atoms with Gasteiger partial charge >= 0.3 is 0 Å². The van der Waals surface area contributed by atoms with E-state index in [1.54, 1.807) is 0 Å². The fourth-order valence-electron chi connectivity index (χ4n) is 0.942. The maximum Gasteiger partial charge on any atom is 0.224 e. The van der Waals surface area contributed by atoms with Gasteiger partial charge in [0.2, 0.25) is 5.91 Å². The van der Waals surface area contributed by atoms with Crippen LogP contribution in [0, 0.1) is 5.82 Å². The van der Waals surface area contributed by atoms with Gasteiger partial charge in [0.15, 0.2) is 11.6 Å². The van der Waals surface area contributed by atoms with Crippen LogP contribution < -0.4 is 5.32 Å². The summed E-state index contributed by atoms with van der Waals surface area (Å²) >= 11 is 0. The highest BCUT2D eigenvalue weighted by molar-refractivity contribution is 5.78. The van der Waals surface area contributed by atoms with Crippen molar-refractivity contribution in [3.05, 3.63) is 29.6 Å². The molecule has 0 fully saturated rings. The number of rotatable bonds is 2. The van der Waals surface area contributed by atoms with Gasteiger partial charge in [0.1, 0.15) is 0 Å². The summed E-state index contributed by atoms with van der Waals surface area (Å²) < 4.78 is 12.6. The van der Waals surface area contributed by atoms with E-state index in [0.29, 0.717) is 5.56 Å². The van der Waals surface area contributed by atoms with Crippen molar-refractivity contribution in [2.24, 2.45) is 0 Å². The van der Waals surface area contributed by atoms with Crippen LogP contribution in [0.15, 0.2) is 18.2 Å². The molecule has 3 nitrogen and oxygen atoms in total. The Balaban J connectivity index is 2.79. The number of amides is 1. The largest absolute Gasteiger partial charge is 0.505 e. The summed E-state index contributed by atoms with van der Waals surface area (Å²) in [6, 6.07) is 3.84. The fraction of sp³-hybridized carbons (Fsp3) is 0.222. The van der Waals surface area contributed by atoms with Gasteiger partial charge in [0.25, 0.3) is 0 Å². The third-order valence-corrected chi connectivity index (χ3v) is 1.65. The van der Waals surface area contributed by atoms with Crippen LogP contribution in [0.1, 0.15) is 5.56 Å². The second kappa shape index (κ2) is 3.89. The Bertz CT molecular complexity index is 325. The number of benzene rings is 1. The number of phenolic OH excluding ortho intramolecular Hbond substituents is 1. The SMILES string of the molecule is CNC(=O)Cc1ccc(F)c(O)c1. The second-order valence-electron chi connectivity index (χ2n) is 2.64. The van der Waals surface area contributed by atoms with Crippen molar-refractivity contribution in [2.45, 2.75) is 6.42 Å². The van der Waals surface area contributed by atoms with Gasteiger partial charge in [0, 0.05) is 7.05 Å². The highest BCUT2D eigenvalue weighted by Gasteiger charge is 2.04. The zero-order chi connectivity index (χ0) is 9.84. The third-order valence-electron chi connectivity index (χ3n) is 1.65. The molecule has 1 amide bonds. The Morgan fingerprint density at radius 3 is 2.85 bits per heavy atom. The molecule has 2 N–H and O–H groups in total. The molecule has 0 aromatic heterocycles. The molecule has 13 heavy (non-hydrogen) atoms. The standard InChI is InChI=1S/C9H10FNO2/c1-11-9(13)5-6-2-3-7(10)8(12)4-6/h2-4,12H,5H2,1H3,(H,11,13). The molecule has 0 unspecified atom stereocenters. The van der Waals surface area contributed by atoms with Crippen LogP contribution in [0.3, 0.4) is 0 Å². The molecule has 0 aliphatic rings. The van der Waals surface area contributed by atoms with Crippen molar-refractivity contribution in [1.82, 2.24) is 5.32 Å². The molecular weight excluding hydrogens is 173 g/mol. The maximum absolute atomic E-state index is 12.6. The smallest absolute Gasteiger partial charge is 0.224 e. The van der Waals surface area contributed by atoms with E-state index < -0.39 is 11.6 Å². The third kappa shape index (κ3) is 2.43. The van der Waals surface area contributed by atoms with Crippen molar-refractivity contribution in [1.29, 1.82) is 0 Å². The van der Waals surface area contributed by atoms with Gasteiger partial charge in [-0.3, -0.25) is 4.79 Å². The molecule has 1 aromatic carbocycles. The van der Waals surface area contributed by atoms with E-state index in [9.17, 15) is 9.18 Å². The molecule has 70 valence electrons. The number of aromatic hydroxyl groups is 1. The van der Waals surface area contributed by atoms with Crippen LogP contribution in [0.4, 0.5) is 4.39 Å². The van der Waals surface area contributed by atoms with Crippen LogP contribution in [0.5, 0.6) is 5.75 Å². The molecule has 4 heteroatoms. The Kier molecular flexibility index (Phi) is 2.84. The predicted molar refractivity (Wildman–Crippen MR) is 45.8 cm³/mol. The van der Waals surface area contributed by atoms with E-state index in [4.69, 9.17) is 5.11 Å². The lowest BCUT2D eigenvalue weighted by Crippen LogP contribution is -2.19. The number of nitrogens with one attached hydrogen (secondary N) is 1. The number of hydrogen-bond donors (Lipinski definition) is 2. The summed E-state index contributed by atoms with van der Waals surface area (Å²) in [7, 11) is 1.52. The lowest BCUT2D eigenvalue weighted by Gasteiger charge is -2.01. The quantitative estimate of drug-likeness (QED) is 0.713. The van der Waals surface area contributed by atoms with Gasteiger partial charge in [-0.25, -0.2) is 4.39 Å². The van der Waals surface area contributed by atoms with Crippen molar-refractivity contribution >= 4 is 5.91 Å². The number of likely N-dealkylation sites (N-methyl/N-ethyl adjacent to an activating group) is 1. The lowest BCUT2D eigenvalue weighted by molar-refractivity contribution is -0.119. The number of hydrogen-bond acceptors (Lipinski definition) is 2. The maximum atomic E-state index is 12.6. The first kappa shape index (κ1) is 9.51. The van der Waals surface area contributed by atoms with E-state index in [0.717, 1.165) is 6.07 Å². The molecule has 0 spiro atoms. The first-order valence-electron chi connectivity index (χ1n) is 3.81. The summed E-state index contributed by atoms with van der Waals surface area (Å²) in [6.07, 6.45) is 0.143. The minimum atomic E-state index is -0.680. The van der Waals surface area contributed by atoms with Crippen molar-refractivity contribution in [2.75, 3.05) is 7.05 Å². The molecule has 0 aliphatic carbocycles. The highest BCUT2D eigenvalue weighted by Crippen LogP contribution is 2.16. The van der Waals surface area contributed by atoms with Gasteiger partial charge in [-0.2, -0.15) is 0 Å². The van der Waals surface area contributed by atoms with Gasteiger partial charge in [-0.1, -0.05) is 6.07 Å². The average molecular weight is 183 g/mol. The first-order chi connectivity index (χ1) is 6.13. The number of phenols is 1. The Labute approximate surface area is 75.2 Å². The van der Waals surface area contributed by atoms with E-state index in [-0.39, 0.29) is 12.3 Å². The highest BCUT2D eigenvalue weighted by atomic mass is 19.1. The first-order valence-corrected chi connectivity index (χ1v) is 3.81. The molecule has 0 saturated carbocycles. The zero-order valence-corrected chi connectivity index (χ0v) is 7.17. The number of carbonyl (C=O) groups excluding carboxylic acids is 1. The molecule has 1 rings (SSSR count). The van der Waals surface area contributed by atoms with Crippen LogP contribution >= 0.6 is 0 Å². The van der Waals surface area contributed by atoms with Crippen molar-refractivity contribution in [3.63, 3.8) is 0 Å². The van der Waals surface area contributed by atoms with E-state index in [1.165, 1.54) is 19.2 Å². The minimum absolute atomic E-state index is 0.143. The summed E-state index contributed by atoms with van der Waals surface area (Å²) in [6.45, 7) is 0. The summed E-state index contributed by atoms with van der Waals surface area (Å²) in [5.74, 6) is -1.28. The molecule has 0 aliphatic heterocycles. The van der Waals surface area contributed by atoms with Gasteiger partial charge in [0.05, 0.1) is 6.42 Å². The van der Waals surface area contributed by atoms with Crippen LogP contribution in [-0.4, -0.2) is 18.1 Å². The molecule has 0 atom stereocenters. The van der Waals surface area contributed by atoms with Crippen LogP contribution in [-0.2, 0) is 11.2 Å². The molecule has 0 heterocycles. The number of carbonyl (C=O) groups is 1. The molecule has 1 aromatic rings. The van der Waals surface area contributed by atoms with Gasteiger partial charge in [-0.15, -0.1) is 0 Å². The van der Waals surface area contributed by atoms with Crippen molar-refractivity contribution in [3.8, 4) is 5.75 Å². The zero-order valence-electron chi connectivity index (χ0n) is 7.17. The fourth-order valence-corrected chi connectivity index (χ4v) is 0.942. The normalized spacial score (nSPS) is 9.69. The van der Waals surface area contributed by atoms with E-state index in [2.05, 4.69) is 5.32 Å². The summed E-state index contributed by atoms with van der Waals surface area (Å²) in [4.78, 5) is 10.9. The summed E-state index contributed by atoms with van der Waals surface area (Å²) in [5, 5.41) is 11.4. The topological polar surface area (TPSA) is 49.3 Å². The molecule has 0 radical (unpaired) electrons. The average Bonchev–Trinajstić information content (AvgIpc) is 2.11.